The fourth-order valence-corrected chi connectivity index (χ4v) is 4.86. The quantitative estimate of drug-likeness (QED) is 0.196. The highest BCUT2D eigenvalue weighted by Gasteiger charge is 2.37. The lowest BCUT2D eigenvalue weighted by Gasteiger charge is -2.32. The number of ether oxygens (including phenoxy) is 1. The predicted octanol–water partition coefficient (Wildman–Crippen LogP) is 7.62. The SMILES string of the molecule is CCc1ccc(-n2c(C(CC)N(CCOC)C(=O)Nc3cc(C(F)(F)F)cc(C(F)(F)F)c3)nc3ccccc3c2=O)cc1. The molecule has 1 aromatic heterocycles. The highest BCUT2D eigenvalue weighted by Crippen LogP contribution is 2.38. The molecule has 4 rings (SSSR count). The third-order valence-electron chi connectivity index (χ3n) is 7.10. The minimum absolute atomic E-state index is 0.0191. The van der Waals surface area contributed by atoms with Gasteiger partial charge in [0.1, 0.15) is 5.82 Å². The Balaban J connectivity index is 1.86. The van der Waals surface area contributed by atoms with Gasteiger partial charge in [-0.1, -0.05) is 38.1 Å². The number of nitrogens with one attached hydrogen (secondary N) is 1. The average Bonchev–Trinajstić information content (AvgIpc) is 2.98. The number of amides is 2. The van der Waals surface area contributed by atoms with E-state index in [0.29, 0.717) is 28.7 Å². The molecular weight excluding hydrogens is 590 g/mol. The number of hydrogen-bond donors (Lipinski definition) is 1. The minimum atomic E-state index is -5.10. The number of aryl methyl sites for hydroxylation is 1. The molecule has 0 spiro atoms. The van der Waals surface area contributed by atoms with E-state index in [-0.39, 0.29) is 31.5 Å². The molecule has 234 valence electrons. The summed E-state index contributed by atoms with van der Waals surface area (Å²) in [6.45, 7) is 3.55. The zero-order valence-corrected chi connectivity index (χ0v) is 24.1. The van der Waals surface area contributed by atoms with Gasteiger partial charge in [-0.15, -0.1) is 0 Å². The number of hydrogen-bond acceptors (Lipinski definition) is 4. The summed E-state index contributed by atoms with van der Waals surface area (Å²) >= 11 is 0. The first-order chi connectivity index (χ1) is 20.8. The molecule has 3 aromatic carbocycles. The van der Waals surface area contributed by atoms with Gasteiger partial charge in [0.15, 0.2) is 0 Å². The van der Waals surface area contributed by atoms with Crippen LogP contribution in [-0.4, -0.2) is 40.7 Å². The number of benzene rings is 3. The van der Waals surface area contributed by atoms with Crippen LogP contribution < -0.4 is 10.9 Å². The average molecular weight is 621 g/mol. The van der Waals surface area contributed by atoms with Gasteiger partial charge in [0.2, 0.25) is 0 Å². The number of carbonyl (C=O) groups excluding carboxylic acids is 1. The van der Waals surface area contributed by atoms with Crippen molar-refractivity contribution < 1.29 is 35.9 Å². The van der Waals surface area contributed by atoms with Crippen LogP contribution in [0.2, 0.25) is 0 Å². The molecule has 2 amide bonds. The van der Waals surface area contributed by atoms with Crippen LogP contribution >= 0.6 is 0 Å². The van der Waals surface area contributed by atoms with Crippen LogP contribution in [0.3, 0.4) is 0 Å². The monoisotopic (exact) mass is 620 g/mol. The number of para-hydroxylation sites is 1. The van der Waals surface area contributed by atoms with E-state index >= 15 is 0 Å². The number of nitrogens with zero attached hydrogens (tertiary/aromatic N) is 3. The van der Waals surface area contributed by atoms with E-state index in [1.807, 2.05) is 19.1 Å². The maximum atomic E-state index is 13.9. The van der Waals surface area contributed by atoms with Gasteiger partial charge < -0.3 is 15.0 Å². The first-order valence-electron chi connectivity index (χ1n) is 13.8. The topological polar surface area (TPSA) is 76.5 Å². The second-order valence-corrected chi connectivity index (χ2v) is 9.98. The lowest BCUT2D eigenvalue weighted by atomic mass is 10.1. The number of aromatic nitrogens is 2. The Morgan fingerprint density at radius 1 is 0.955 bits per heavy atom. The van der Waals surface area contributed by atoms with E-state index in [9.17, 15) is 35.9 Å². The van der Waals surface area contributed by atoms with E-state index in [1.54, 1.807) is 43.3 Å². The number of carbonyl (C=O) groups is 1. The van der Waals surface area contributed by atoms with E-state index in [4.69, 9.17) is 9.72 Å². The fraction of sp³-hybridized carbons (Fsp3) is 0.323. The molecule has 0 bridgehead atoms. The number of methoxy groups -OCH3 is 1. The molecule has 1 N–H and O–H groups in total. The fourth-order valence-electron chi connectivity index (χ4n) is 4.86. The summed E-state index contributed by atoms with van der Waals surface area (Å²) in [4.78, 5) is 33.5. The smallest absolute Gasteiger partial charge is 0.383 e. The minimum Gasteiger partial charge on any atom is -0.383 e. The molecule has 0 aliphatic carbocycles. The van der Waals surface area contributed by atoms with Gasteiger partial charge in [0, 0.05) is 19.3 Å². The molecule has 4 aromatic rings. The Bertz CT molecular complexity index is 1650. The zero-order valence-electron chi connectivity index (χ0n) is 24.1. The van der Waals surface area contributed by atoms with Gasteiger partial charge in [-0.05, 0) is 60.9 Å². The van der Waals surface area contributed by atoms with Crippen molar-refractivity contribution in [2.45, 2.75) is 45.1 Å². The summed E-state index contributed by atoms with van der Waals surface area (Å²) in [6.07, 6.45) is -9.25. The first kappa shape index (κ1) is 32.5. The second kappa shape index (κ2) is 13.1. The number of halogens is 6. The van der Waals surface area contributed by atoms with Crippen molar-refractivity contribution in [1.82, 2.24) is 14.5 Å². The molecule has 0 fully saturated rings. The Labute approximate surface area is 249 Å². The van der Waals surface area contributed by atoms with Crippen molar-refractivity contribution in [2.24, 2.45) is 0 Å². The molecule has 13 heteroatoms. The van der Waals surface area contributed by atoms with Crippen molar-refractivity contribution in [1.29, 1.82) is 0 Å². The normalized spacial score (nSPS) is 12.8. The molecule has 1 atom stereocenters. The maximum absolute atomic E-state index is 13.9. The second-order valence-electron chi connectivity index (χ2n) is 9.98. The number of alkyl halides is 6. The molecular formula is C31H30F6N4O3. The standard InChI is InChI=1S/C31H30F6N4O3/c1-4-19-10-12-23(13-11-19)41-27(39-25-9-7-6-8-24(25)28(41)42)26(5-2)40(14-15-44-3)29(43)38-22-17-20(30(32,33)34)16-21(18-22)31(35,36)37/h6-13,16-18,26H,4-5,14-15H2,1-3H3,(H,38,43). The van der Waals surface area contributed by atoms with E-state index in [0.717, 1.165) is 12.0 Å². The molecule has 0 saturated carbocycles. The van der Waals surface area contributed by atoms with Gasteiger partial charge in [0.05, 0.1) is 40.4 Å². The van der Waals surface area contributed by atoms with Crippen molar-refractivity contribution in [2.75, 3.05) is 25.6 Å². The molecule has 1 unspecified atom stereocenters. The Hall–Kier alpha value is -4.39. The van der Waals surface area contributed by atoms with Gasteiger partial charge in [-0.3, -0.25) is 9.36 Å². The van der Waals surface area contributed by atoms with Crippen LogP contribution in [0.5, 0.6) is 0 Å². The van der Waals surface area contributed by atoms with Crippen LogP contribution in [0.1, 0.15) is 48.8 Å². The van der Waals surface area contributed by atoms with Gasteiger partial charge >= 0.3 is 18.4 Å². The largest absolute Gasteiger partial charge is 0.416 e. The summed E-state index contributed by atoms with van der Waals surface area (Å²) in [6, 6.07) is 12.7. The van der Waals surface area contributed by atoms with E-state index in [2.05, 4.69) is 5.32 Å². The molecule has 0 aliphatic rings. The van der Waals surface area contributed by atoms with Gasteiger partial charge in [0.25, 0.3) is 5.56 Å². The number of fused-ring (bicyclic) bond motifs is 1. The van der Waals surface area contributed by atoms with Crippen LogP contribution in [0, 0.1) is 0 Å². The molecule has 7 nitrogen and oxygen atoms in total. The number of urea groups is 1. The first-order valence-corrected chi connectivity index (χ1v) is 13.8. The van der Waals surface area contributed by atoms with E-state index < -0.39 is 46.8 Å². The molecule has 1 heterocycles. The number of anilines is 1. The lowest BCUT2D eigenvalue weighted by Crippen LogP contribution is -2.42. The van der Waals surface area contributed by atoms with Gasteiger partial charge in [-0.2, -0.15) is 26.3 Å². The molecule has 44 heavy (non-hydrogen) atoms. The van der Waals surface area contributed by atoms with Crippen LogP contribution in [0.25, 0.3) is 16.6 Å². The van der Waals surface area contributed by atoms with Crippen molar-refractivity contribution in [3.63, 3.8) is 0 Å². The predicted molar refractivity (Wildman–Crippen MR) is 154 cm³/mol. The third-order valence-corrected chi connectivity index (χ3v) is 7.10. The van der Waals surface area contributed by atoms with Crippen LogP contribution in [0.4, 0.5) is 36.8 Å². The summed E-state index contributed by atoms with van der Waals surface area (Å²) in [5.74, 6) is 0.159. The lowest BCUT2D eigenvalue weighted by molar-refractivity contribution is -0.143. The summed E-state index contributed by atoms with van der Waals surface area (Å²) in [5, 5.41) is 2.52. The zero-order chi connectivity index (χ0) is 32.2. The van der Waals surface area contributed by atoms with Crippen molar-refractivity contribution >= 4 is 22.6 Å². The van der Waals surface area contributed by atoms with E-state index in [1.165, 1.54) is 16.6 Å². The summed E-state index contributed by atoms with van der Waals surface area (Å²) in [5.41, 5.74) is -2.41. The number of rotatable bonds is 9. The Morgan fingerprint density at radius 2 is 1.57 bits per heavy atom. The molecule has 0 radical (unpaired) electrons. The highest BCUT2D eigenvalue weighted by atomic mass is 19.4. The Morgan fingerprint density at radius 3 is 2.11 bits per heavy atom. The highest BCUT2D eigenvalue weighted by molar-refractivity contribution is 5.90. The summed E-state index contributed by atoms with van der Waals surface area (Å²) < 4.78 is 87.4. The van der Waals surface area contributed by atoms with Gasteiger partial charge in [-0.25, -0.2) is 9.78 Å². The third kappa shape index (κ3) is 7.04. The van der Waals surface area contributed by atoms with Crippen molar-refractivity contribution in [3.8, 4) is 5.69 Å². The van der Waals surface area contributed by atoms with Crippen molar-refractivity contribution in [3.05, 3.63) is 99.6 Å². The Kier molecular flexibility index (Phi) is 9.67. The van der Waals surface area contributed by atoms with Crippen LogP contribution in [-0.2, 0) is 23.5 Å². The molecule has 0 aliphatic heterocycles. The molecule has 0 saturated heterocycles. The maximum Gasteiger partial charge on any atom is 0.416 e. The van der Waals surface area contributed by atoms with Crippen LogP contribution in [0.15, 0.2) is 71.5 Å². The summed E-state index contributed by atoms with van der Waals surface area (Å²) in [7, 11) is 1.37.